The first-order valence-corrected chi connectivity index (χ1v) is 12.2. The Bertz CT molecular complexity index is 1190. The van der Waals surface area contributed by atoms with Gasteiger partial charge in [0.25, 0.3) is 0 Å². The van der Waals surface area contributed by atoms with Crippen molar-refractivity contribution in [2.24, 2.45) is 0 Å². The smallest absolute Gasteiger partial charge is 0.224 e. The van der Waals surface area contributed by atoms with Gasteiger partial charge >= 0.3 is 0 Å². The number of imidazole rings is 1. The van der Waals surface area contributed by atoms with Gasteiger partial charge in [0.05, 0.1) is 18.3 Å². The highest BCUT2D eigenvalue weighted by atomic mass is 16.3. The van der Waals surface area contributed by atoms with Crippen LogP contribution < -0.4 is 16.1 Å². The molecule has 1 saturated heterocycles. The third kappa shape index (κ3) is 4.46. The lowest BCUT2D eigenvalue weighted by atomic mass is 9.92. The van der Waals surface area contributed by atoms with Gasteiger partial charge in [-0.15, -0.1) is 0 Å². The van der Waals surface area contributed by atoms with E-state index in [1.807, 2.05) is 11.0 Å². The van der Waals surface area contributed by atoms with Crippen LogP contribution in [0.2, 0.25) is 0 Å². The summed E-state index contributed by atoms with van der Waals surface area (Å²) in [5.41, 5.74) is 4.80. The summed E-state index contributed by atoms with van der Waals surface area (Å²) in [6.45, 7) is 5.06. The number of likely N-dealkylation sites (tertiary alicyclic amines) is 1. The van der Waals surface area contributed by atoms with E-state index in [9.17, 15) is 9.90 Å². The Morgan fingerprint density at radius 1 is 1.18 bits per heavy atom. The highest BCUT2D eigenvalue weighted by Gasteiger charge is 2.30. The SMILES string of the molecule is Bc1cccc(C)c1Nc1nc2cnc(NC3CCC(O)CC3)nc2n1C1CCN(C(C)=O)C1. The summed E-state index contributed by atoms with van der Waals surface area (Å²) in [4.78, 5) is 28.2. The Kier molecular flexibility index (Phi) is 6.16. The minimum Gasteiger partial charge on any atom is -0.393 e. The quantitative estimate of drug-likeness (QED) is 0.496. The minimum absolute atomic E-state index is 0.0771. The molecule has 1 aliphatic carbocycles. The number of amides is 1. The standard InChI is InChI=1S/C24H32BN7O2/c1-14-4-3-5-19(25)21(14)29-24-28-20-12-26-23(27-16-6-8-18(34)9-7-16)30-22(20)32(24)17-10-11-31(13-17)15(2)33/h3-5,12,16-18,34H,6-11,13,25H2,1-2H3,(H,28,29)(H,26,27,30). The van der Waals surface area contributed by atoms with Gasteiger partial charge in [-0.3, -0.25) is 9.36 Å². The summed E-state index contributed by atoms with van der Waals surface area (Å²) in [7, 11) is 2.08. The molecule has 34 heavy (non-hydrogen) atoms. The largest absolute Gasteiger partial charge is 0.393 e. The van der Waals surface area contributed by atoms with Crippen molar-refractivity contribution in [2.75, 3.05) is 23.7 Å². The first kappa shape index (κ1) is 22.6. The van der Waals surface area contributed by atoms with Crippen LogP contribution in [0, 0.1) is 6.92 Å². The fraction of sp³-hybridized carbons (Fsp3) is 0.500. The van der Waals surface area contributed by atoms with Crippen LogP contribution in [-0.4, -0.2) is 68.5 Å². The van der Waals surface area contributed by atoms with Gasteiger partial charge in [-0.2, -0.15) is 4.98 Å². The summed E-state index contributed by atoms with van der Waals surface area (Å²) < 4.78 is 2.14. The minimum atomic E-state index is -0.201. The summed E-state index contributed by atoms with van der Waals surface area (Å²) in [6.07, 6.45) is 5.81. The molecule has 3 N–H and O–H groups in total. The Morgan fingerprint density at radius 2 is 1.97 bits per heavy atom. The Hall–Kier alpha value is -3.14. The van der Waals surface area contributed by atoms with Crippen molar-refractivity contribution in [3.05, 3.63) is 30.0 Å². The monoisotopic (exact) mass is 461 g/mol. The van der Waals surface area contributed by atoms with Crippen LogP contribution in [0.25, 0.3) is 11.2 Å². The molecular weight excluding hydrogens is 429 g/mol. The highest BCUT2D eigenvalue weighted by molar-refractivity contribution is 6.36. The molecule has 2 aromatic heterocycles. The molecule has 1 aliphatic heterocycles. The van der Waals surface area contributed by atoms with E-state index in [0.717, 1.165) is 72.5 Å². The molecule has 5 rings (SSSR count). The summed E-state index contributed by atoms with van der Waals surface area (Å²) >= 11 is 0. The van der Waals surface area contributed by atoms with Crippen molar-refractivity contribution in [1.29, 1.82) is 0 Å². The fourth-order valence-electron chi connectivity index (χ4n) is 5.16. The number of aliphatic hydroxyl groups is 1. The maximum Gasteiger partial charge on any atom is 0.224 e. The number of aryl methyl sites for hydroxylation is 1. The summed E-state index contributed by atoms with van der Waals surface area (Å²) in [5, 5.41) is 16.8. The first-order chi connectivity index (χ1) is 16.4. The normalized spacial score (nSPS) is 22.8. The van der Waals surface area contributed by atoms with E-state index in [4.69, 9.17) is 9.97 Å². The van der Waals surface area contributed by atoms with Crippen molar-refractivity contribution in [3.8, 4) is 0 Å². The molecule has 9 nitrogen and oxygen atoms in total. The molecule has 1 unspecified atom stereocenters. The number of nitrogens with zero attached hydrogens (tertiary/aromatic N) is 5. The van der Waals surface area contributed by atoms with Gasteiger partial charge in [-0.05, 0) is 44.6 Å². The Labute approximate surface area is 200 Å². The number of para-hydroxylation sites is 1. The van der Waals surface area contributed by atoms with Crippen molar-refractivity contribution >= 4 is 48.0 Å². The molecule has 1 atom stereocenters. The van der Waals surface area contributed by atoms with Gasteiger partial charge in [0.15, 0.2) is 5.65 Å². The number of carbonyl (C=O) groups excluding carboxylic acids is 1. The summed E-state index contributed by atoms with van der Waals surface area (Å²) in [5.74, 6) is 1.39. The van der Waals surface area contributed by atoms with Crippen molar-refractivity contribution < 1.29 is 9.90 Å². The zero-order valence-corrected chi connectivity index (χ0v) is 20.1. The van der Waals surface area contributed by atoms with Gasteiger partial charge in [-0.25, -0.2) is 9.97 Å². The maximum atomic E-state index is 12.0. The molecule has 178 valence electrons. The predicted molar refractivity (Wildman–Crippen MR) is 136 cm³/mol. The van der Waals surface area contributed by atoms with Crippen LogP contribution in [0.3, 0.4) is 0 Å². The predicted octanol–water partition coefficient (Wildman–Crippen LogP) is 1.65. The highest BCUT2D eigenvalue weighted by Crippen LogP contribution is 2.32. The lowest BCUT2D eigenvalue weighted by Gasteiger charge is -2.26. The molecule has 3 aromatic rings. The fourth-order valence-corrected chi connectivity index (χ4v) is 5.16. The van der Waals surface area contributed by atoms with Gasteiger partial charge in [0.1, 0.15) is 13.4 Å². The van der Waals surface area contributed by atoms with Crippen LogP contribution in [0.5, 0.6) is 0 Å². The third-order valence-corrected chi connectivity index (χ3v) is 7.15. The summed E-state index contributed by atoms with van der Waals surface area (Å²) in [6, 6.07) is 6.54. The average Bonchev–Trinajstić information content (AvgIpc) is 3.42. The lowest BCUT2D eigenvalue weighted by molar-refractivity contribution is -0.127. The second-order valence-electron chi connectivity index (χ2n) is 9.66. The van der Waals surface area contributed by atoms with E-state index in [-0.39, 0.29) is 24.1 Å². The van der Waals surface area contributed by atoms with Crippen LogP contribution in [-0.2, 0) is 4.79 Å². The second kappa shape index (κ2) is 9.25. The topological polar surface area (TPSA) is 108 Å². The number of anilines is 3. The van der Waals surface area contributed by atoms with E-state index >= 15 is 0 Å². The number of nitrogens with one attached hydrogen (secondary N) is 2. The number of fused-ring (bicyclic) bond motifs is 1. The number of carbonyl (C=O) groups is 1. The molecule has 2 fully saturated rings. The zero-order chi connectivity index (χ0) is 23.8. The second-order valence-corrected chi connectivity index (χ2v) is 9.66. The molecule has 0 radical (unpaired) electrons. The molecule has 0 spiro atoms. The Morgan fingerprint density at radius 3 is 2.68 bits per heavy atom. The number of hydrogen-bond acceptors (Lipinski definition) is 7. The van der Waals surface area contributed by atoms with Crippen LogP contribution in [0.1, 0.15) is 50.6 Å². The van der Waals surface area contributed by atoms with Gasteiger partial charge in [0, 0.05) is 31.7 Å². The van der Waals surface area contributed by atoms with Crippen molar-refractivity contribution in [3.63, 3.8) is 0 Å². The van der Waals surface area contributed by atoms with Crippen molar-refractivity contribution in [1.82, 2.24) is 24.4 Å². The lowest BCUT2D eigenvalue weighted by Crippen LogP contribution is -2.29. The molecule has 3 heterocycles. The van der Waals surface area contributed by atoms with E-state index in [1.165, 1.54) is 0 Å². The van der Waals surface area contributed by atoms with E-state index in [2.05, 4.69) is 47.1 Å². The molecule has 1 aromatic carbocycles. The maximum absolute atomic E-state index is 12.0. The molecule has 1 saturated carbocycles. The molecule has 0 bridgehead atoms. The third-order valence-electron chi connectivity index (χ3n) is 7.15. The van der Waals surface area contributed by atoms with Gasteiger partial charge in [0.2, 0.25) is 17.8 Å². The molecule has 10 heteroatoms. The average molecular weight is 461 g/mol. The van der Waals surface area contributed by atoms with Crippen LogP contribution >= 0.6 is 0 Å². The van der Waals surface area contributed by atoms with Crippen LogP contribution in [0.15, 0.2) is 24.4 Å². The van der Waals surface area contributed by atoms with Crippen LogP contribution in [0.4, 0.5) is 17.6 Å². The number of rotatable bonds is 5. The zero-order valence-electron chi connectivity index (χ0n) is 20.1. The van der Waals surface area contributed by atoms with E-state index in [1.54, 1.807) is 13.1 Å². The number of benzene rings is 1. The first-order valence-electron chi connectivity index (χ1n) is 12.2. The number of aromatic nitrogens is 4. The van der Waals surface area contributed by atoms with Gasteiger partial charge in [-0.1, -0.05) is 23.7 Å². The molecule has 1 amide bonds. The van der Waals surface area contributed by atoms with E-state index < -0.39 is 0 Å². The Balaban J connectivity index is 1.52. The van der Waals surface area contributed by atoms with E-state index in [0.29, 0.717) is 12.5 Å². The van der Waals surface area contributed by atoms with Gasteiger partial charge < -0.3 is 20.6 Å². The molecular formula is C24H32BN7O2. The number of aliphatic hydroxyl groups excluding tert-OH is 1. The van der Waals surface area contributed by atoms with Crippen molar-refractivity contribution in [2.45, 2.75) is 64.1 Å². The molecule has 2 aliphatic rings. The number of hydrogen-bond donors (Lipinski definition) is 3.